The Kier molecular flexibility index (Phi) is 4.59. The third-order valence-electron chi connectivity index (χ3n) is 3.80. The molecular formula is C16H24N2O. The van der Waals surface area contributed by atoms with Gasteiger partial charge in [-0.2, -0.15) is 0 Å². The first-order chi connectivity index (χ1) is 9.15. The summed E-state index contributed by atoms with van der Waals surface area (Å²) in [5, 5.41) is 0. The van der Waals surface area contributed by atoms with E-state index < -0.39 is 0 Å². The molecule has 1 aliphatic heterocycles. The molecule has 0 radical (unpaired) electrons. The van der Waals surface area contributed by atoms with Crippen molar-refractivity contribution in [1.29, 1.82) is 0 Å². The van der Waals surface area contributed by atoms with Gasteiger partial charge in [-0.3, -0.25) is 4.79 Å². The number of hydrogen-bond acceptors (Lipinski definition) is 2. The third kappa shape index (κ3) is 3.16. The van der Waals surface area contributed by atoms with E-state index in [1.165, 1.54) is 11.1 Å². The van der Waals surface area contributed by atoms with Gasteiger partial charge in [0, 0.05) is 24.7 Å². The van der Waals surface area contributed by atoms with Crippen molar-refractivity contribution >= 4 is 11.6 Å². The maximum Gasteiger partial charge on any atom is 0.226 e. The summed E-state index contributed by atoms with van der Waals surface area (Å²) in [5.74, 6) is 0.217. The van der Waals surface area contributed by atoms with Crippen LogP contribution in [-0.2, 0) is 17.6 Å². The van der Waals surface area contributed by atoms with Crippen molar-refractivity contribution in [1.82, 2.24) is 0 Å². The zero-order chi connectivity index (χ0) is 13.8. The maximum atomic E-state index is 11.8. The molecule has 3 heteroatoms. The van der Waals surface area contributed by atoms with Crippen LogP contribution in [0.1, 0.15) is 44.2 Å². The van der Waals surface area contributed by atoms with E-state index in [-0.39, 0.29) is 11.9 Å². The van der Waals surface area contributed by atoms with Crippen LogP contribution in [-0.4, -0.2) is 18.5 Å². The van der Waals surface area contributed by atoms with Crippen molar-refractivity contribution in [3.05, 3.63) is 29.3 Å². The summed E-state index contributed by atoms with van der Waals surface area (Å²) in [6, 6.07) is 6.69. The summed E-state index contributed by atoms with van der Waals surface area (Å²) in [5.41, 5.74) is 9.78. The number of nitrogens with zero attached hydrogens (tertiary/aromatic N) is 1. The van der Waals surface area contributed by atoms with E-state index in [9.17, 15) is 4.79 Å². The summed E-state index contributed by atoms with van der Waals surface area (Å²) < 4.78 is 0. The van der Waals surface area contributed by atoms with Crippen molar-refractivity contribution in [2.24, 2.45) is 5.73 Å². The highest BCUT2D eigenvalue weighted by molar-refractivity contribution is 5.95. The van der Waals surface area contributed by atoms with Gasteiger partial charge < -0.3 is 10.6 Å². The minimum atomic E-state index is 0.217. The van der Waals surface area contributed by atoms with Crippen LogP contribution in [0, 0.1) is 0 Å². The van der Waals surface area contributed by atoms with Gasteiger partial charge in [0.1, 0.15) is 0 Å². The number of benzene rings is 1. The van der Waals surface area contributed by atoms with Crippen LogP contribution in [0.2, 0.25) is 0 Å². The largest absolute Gasteiger partial charge is 0.327 e. The highest BCUT2D eigenvalue weighted by Crippen LogP contribution is 2.29. The van der Waals surface area contributed by atoms with Crippen LogP contribution in [0.3, 0.4) is 0 Å². The average Bonchev–Trinajstić information content (AvgIpc) is 2.81. The van der Waals surface area contributed by atoms with Crippen LogP contribution in [0.25, 0.3) is 0 Å². The van der Waals surface area contributed by atoms with Gasteiger partial charge in [0.2, 0.25) is 5.91 Å². The molecule has 1 aromatic carbocycles. The maximum absolute atomic E-state index is 11.8. The first-order valence-corrected chi connectivity index (χ1v) is 7.33. The van der Waals surface area contributed by atoms with E-state index in [2.05, 4.69) is 25.1 Å². The van der Waals surface area contributed by atoms with Crippen LogP contribution >= 0.6 is 0 Å². The number of carbonyl (C=O) groups excluding carboxylic acids is 1. The Labute approximate surface area is 115 Å². The fourth-order valence-electron chi connectivity index (χ4n) is 2.81. The van der Waals surface area contributed by atoms with Gasteiger partial charge in [-0.1, -0.05) is 32.4 Å². The van der Waals surface area contributed by atoms with Crippen molar-refractivity contribution in [2.45, 2.75) is 52.0 Å². The predicted molar refractivity (Wildman–Crippen MR) is 79.4 cm³/mol. The number of rotatable bonds is 5. The van der Waals surface area contributed by atoms with Gasteiger partial charge in [-0.25, -0.2) is 0 Å². The molecule has 1 aromatic rings. The summed E-state index contributed by atoms with van der Waals surface area (Å²) in [7, 11) is 0. The average molecular weight is 260 g/mol. The Morgan fingerprint density at radius 2 is 2.21 bits per heavy atom. The lowest BCUT2D eigenvalue weighted by Gasteiger charge is -2.17. The first kappa shape index (κ1) is 14.1. The van der Waals surface area contributed by atoms with E-state index in [0.717, 1.165) is 37.9 Å². The number of nitrogens with two attached hydrogens (primary N) is 1. The highest BCUT2D eigenvalue weighted by atomic mass is 16.2. The van der Waals surface area contributed by atoms with E-state index >= 15 is 0 Å². The Morgan fingerprint density at radius 1 is 1.42 bits per heavy atom. The van der Waals surface area contributed by atoms with Crippen LogP contribution in [0.5, 0.6) is 0 Å². The highest BCUT2D eigenvalue weighted by Gasteiger charge is 2.23. The van der Waals surface area contributed by atoms with Gasteiger partial charge >= 0.3 is 0 Å². The lowest BCUT2D eigenvalue weighted by molar-refractivity contribution is -0.118. The minimum Gasteiger partial charge on any atom is -0.327 e. The molecule has 1 atom stereocenters. The minimum absolute atomic E-state index is 0.217. The van der Waals surface area contributed by atoms with Crippen molar-refractivity contribution in [3.8, 4) is 0 Å². The van der Waals surface area contributed by atoms with Crippen molar-refractivity contribution in [2.75, 3.05) is 11.4 Å². The fraction of sp³-hybridized carbons (Fsp3) is 0.562. The fourth-order valence-corrected chi connectivity index (χ4v) is 2.81. The van der Waals surface area contributed by atoms with Crippen molar-refractivity contribution < 1.29 is 4.79 Å². The molecule has 1 heterocycles. The van der Waals surface area contributed by atoms with Crippen LogP contribution < -0.4 is 10.6 Å². The number of carbonyl (C=O) groups is 1. The molecule has 1 aliphatic rings. The Bertz CT molecular complexity index is 456. The molecule has 3 nitrogen and oxygen atoms in total. The van der Waals surface area contributed by atoms with E-state index in [1.54, 1.807) is 0 Å². The van der Waals surface area contributed by atoms with Gasteiger partial charge in [0.05, 0.1) is 0 Å². The van der Waals surface area contributed by atoms with Gasteiger partial charge in [0.25, 0.3) is 0 Å². The Morgan fingerprint density at radius 3 is 2.89 bits per heavy atom. The standard InChI is InChI=1S/C16H24N2O/c1-3-5-14(17)11-12-6-7-15-13(10-12)8-9-18(15)16(19)4-2/h6-7,10,14H,3-5,8-9,11,17H2,1-2H3. The quantitative estimate of drug-likeness (QED) is 0.884. The molecular weight excluding hydrogens is 236 g/mol. The molecule has 0 fully saturated rings. The van der Waals surface area contributed by atoms with E-state index in [4.69, 9.17) is 5.73 Å². The molecule has 0 saturated carbocycles. The zero-order valence-electron chi connectivity index (χ0n) is 12.0. The molecule has 0 saturated heterocycles. The SMILES string of the molecule is CCCC(N)Cc1ccc2c(c1)CCN2C(=O)CC. The van der Waals surface area contributed by atoms with E-state index in [0.29, 0.717) is 6.42 Å². The Hall–Kier alpha value is -1.35. The first-order valence-electron chi connectivity index (χ1n) is 7.33. The second-order valence-electron chi connectivity index (χ2n) is 5.36. The molecule has 19 heavy (non-hydrogen) atoms. The summed E-state index contributed by atoms with van der Waals surface area (Å²) in [4.78, 5) is 13.7. The van der Waals surface area contributed by atoms with Gasteiger partial charge in [-0.05, 0) is 36.5 Å². The van der Waals surface area contributed by atoms with Gasteiger partial charge in [-0.15, -0.1) is 0 Å². The Balaban J connectivity index is 2.11. The monoisotopic (exact) mass is 260 g/mol. The molecule has 1 amide bonds. The predicted octanol–water partition coefficient (Wildman–Crippen LogP) is 2.66. The smallest absolute Gasteiger partial charge is 0.226 e. The zero-order valence-corrected chi connectivity index (χ0v) is 12.0. The van der Waals surface area contributed by atoms with E-state index in [1.807, 2.05) is 11.8 Å². The second kappa shape index (κ2) is 6.20. The van der Waals surface area contributed by atoms with Crippen molar-refractivity contribution in [3.63, 3.8) is 0 Å². The van der Waals surface area contributed by atoms with Gasteiger partial charge in [0.15, 0.2) is 0 Å². The summed E-state index contributed by atoms with van der Waals surface area (Å²) in [6.07, 6.45) is 4.67. The second-order valence-corrected chi connectivity index (χ2v) is 5.36. The van der Waals surface area contributed by atoms with Crippen LogP contribution in [0.15, 0.2) is 18.2 Å². The summed E-state index contributed by atoms with van der Waals surface area (Å²) >= 11 is 0. The lowest BCUT2D eigenvalue weighted by Crippen LogP contribution is -2.27. The number of fused-ring (bicyclic) bond motifs is 1. The van der Waals surface area contributed by atoms with Crippen LogP contribution in [0.4, 0.5) is 5.69 Å². The molecule has 104 valence electrons. The molecule has 0 aliphatic carbocycles. The molecule has 2 N–H and O–H groups in total. The molecule has 0 spiro atoms. The topological polar surface area (TPSA) is 46.3 Å². The molecule has 1 unspecified atom stereocenters. The number of anilines is 1. The summed E-state index contributed by atoms with van der Waals surface area (Å²) in [6.45, 7) is 4.90. The third-order valence-corrected chi connectivity index (χ3v) is 3.80. The molecule has 0 bridgehead atoms. The number of hydrogen-bond donors (Lipinski definition) is 1. The normalized spacial score (nSPS) is 15.4. The lowest BCUT2D eigenvalue weighted by atomic mass is 10.00. The number of amides is 1. The molecule has 2 rings (SSSR count). The molecule has 0 aromatic heterocycles.